The minimum absolute atomic E-state index is 0.0454. The maximum atomic E-state index is 12.2. The molecule has 1 aliphatic heterocycles. The van der Waals surface area contributed by atoms with Crippen LogP contribution in [0.4, 0.5) is 0 Å². The van der Waals surface area contributed by atoms with Crippen molar-refractivity contribution in [2.75, 3.05) is 13.1 Å². The van der Waals surface area contributed by atoms with E-state index in [1.807, 2.05) is 6.07 Å². The lowest BCUT2D eigenvalue weighted by atomic mass is 9.79. The van der Waals surface area contributed by atoms with Crippen molar-refractivity contribution in [1.82, 2.24) is 10.6 Å². The van der Waals surface area contributed by atoms with Gasteiger partial charge in [0.05, 0.1) is 5.41 Å². The van der Waals surface area contributed by atoms with Crippen molar-refractivity contribution in [3.05, 3.63) is 35.9 Å². The Morgan fingerprint density at radius 2 is 1.90 bits per heavy atom. The number of rotatable bonds is 5. The second-order valence-electron chi connectivity index (χ2n) is 5.77. The molecule has 0 spiro atoms. The first-order valence-corrected chi connectivity index (χ1v) is 7.31. The Kier molecular flexibility index (Phi) is 4.96. The van der Waals surface area contributed by atoms with Crippen molar-refractivity contribution in [1.29, 1.82) is 0 Å². The number of piperidine rings is 1. The second kappa shape index (κ2) is 6.72. The number of carboxylic acids is 1. The number of carbonyl (C=O) groups is 2. The van der Waals surface area contributed by atoms with Crippen molar-refractivity contribution in [3.63, 3.8) is 0 Å². The molecule has 114 valence electrons. The van der Waals surface area contributed by atoms with Crippen molar-refractivity contribution in [2.24, 2.45) is 0 Å². The van der Waals surface area contributed by atoms with Gasteiger partial charge >= 0.3 is 5.97 Å². The van der Waals surface area contributed by atoms with Gasteiger partial charge in [-0.1, -0.05) is 30.3 Å². The maximum absolute atomic E-state index is 12.2. The molecule has 1 aromatic carbocycles. The third-order valence-electron chi connectivity index (χ3n) is 4.10. The van der Waals surface area contributed by atoms with Gasteiger partial charge in [-0.25, -0.2) is 0 Å². The maximum Gasteiger partial charge on any atom is 0.314 e. The monoisotopic (exact) mass is 290 g/mol. The fourth-order valence-electron chi connectivity index (χ4n) is 2.67. The van der Waals surface area contributed by atoms with Gasteiger partial charge in [0.25, 0.3) is 0 Å². The van der Waals surface area contributed by atoms with E-state index in [1.54, 1.807) is 31.2 Å². The predicted molar refractivity (Wildman–Crippen MR) is 80.1 cm³/mol. The molecule has 1 atom stereocenters. The molecule has 2 rings (SSSR count). The average molecular weight is 290 g/mol. The summed E-state index contributed by atoms with van der Waals surface area (Å²) in [5.41, 5.74) is -0.545. The molecule has 3 N–H and O–H groups in total. The lowest BCUT2D eigenvalue weighted by Gasteiger charge is -2.28. The van der Waals surface area contributed by atoms with Crippen molar-refractivity contribution in [2.45, 2.75) is 37.6 Å². The van der Waals surface area contributed by atoms with Gasteiger partial charge in [-0.2, -0.15) is 0 Å². The first kappa shape index (κ1) is 15.5. The zero-order valence-corrected chi connectivity index (χ0v) is 12.3. The summed E-state index contributed by atoms with van der Waals surface area (Å²) >= 11 is 0. The molecule has 5 nitrogen and oxygen atoms in total. The van der Waals surface area contributed by atoms with Crippen LogP contribution < -0.4 is 10.6 Å². The molecule has 1 aliphatic rings. The van der Waals surface area contributed by atoms with Crippen LogP contribution in [0.15, 0.2) is 30.3 Å². The molecule has 1 fully saturated rings. The molecule has 1 unspecified atom stereocenters. The molecule has 5 heteroatoms. The number of carboxylic acid groups (broad SMARTS) is 1. The van der Waals surface area contributed by atoms with Crippen molar-refractivity contribution >= 4 is 11.9 Å². The summed E-state index contributed by atoms with van der Waals surface area (Å²) in [5.74, 6) is -1.18. The number of amides is 1. The van der Waals surface area contributed by atoms with Crippen LogP contribution in [0.3, 0.4) is 0 Å². The van der Waals surface area contributed by atoms with Crippen LogP contribution in [-0.4, -0.2) is 36.1 Å². The molecule has 0 bridgehead atoms. The first-order valence-electron chi connectivity index (χ1n) is 7.31. The molecular weight excluding hydrogens is 268 g/mol. The van der Waals surface area contributed by atoms with E-state index in [0.717, 1.165) is 25.9 Å². The van der Waals surface area contributed by atoms with E-state index in [1.165, 1.54) is 0 Å². The van der Waals surface area contributed by atoms with E-state index in [0.29, 0.717) is 5.56 Å². The lowest BCUT2D eigenvalue weighted by Crippen LogP contribution is -2.45. The normalized spacial score (nSPS) is 18.7. The van der Waals surface area contributed by atoms with Crippen LogP contribution in [0, 0.1) is 0 Å². The van der Waals surface area contributed by atoms with E-state index in [9.17, 15) is 14.7 Å². The van der Waals surface area contributed by atoms with E-state index < -0.39 is 11.4 Å². The van der Waals surface area contributed by atoms with Gasteiger partial charge < -0.3 is 15.7 Å². The quantitative estimate of drug-likeness (QED) is 0.763. The molecule has 21 heavy (non-hydrogen) atoms. The summed E-state index contributed by atoms with van der Waals surface area (Å²) in [7, 11) is 0. The molecule has 1 amide bonds. The molecule has 0 radical (unpaired) electrons. The zero-order chi connectivity index (χ0) is 15.3. The summed E-state index contributed by atoms with van der Waals surface area (Å²) in [6.45, 7) is 3.38. The zero-order valence-electron chi connectivity index (χ0n) is 12.3. The highest BCUT2D eigenvalue weighted by Crippen LogP contribution is 2.28. The van der Waals surface area contributed by atoms with Gasteiger partial charge in [0.15, 0.2) is 0 Å². The number of hydrogen-bond donors (Lipinski definition) is 3. The Labute approximate surface area is 124 Å². The number of carbonyl (C=O) groups excluding carboxylic acids is 1. The van der Waals surface area contributed by atoms with Gasteiger partial charge in [-0.15, -0.1) is 0 Å². The van der Waals surface area contributed by atoms with Gasteiger partial charge in [0, 0.05) is 12.5 Å². The molecule has 1 heterocycles. The number of benzene rings is 1. The summed E-state index contributed by atoms with van der Waals surface area (Å²) in [4.78, 5) is 23.9. The molecule has 0 aliphatic carbocycles. The van der Waals surface area contributed by atoms with E-state index in [4.69, 9.17) is 0 Å². The standard InChI is InChI=1S/C16H22N2O3/c1-16(15(20)21,12-5-3-2-4-6-12)11-14(19)18-13-7-9-17-10-8-13/h2-6,13,17H,7-11H2,1H3,(H,18,19)(H,20,21). The first-order chi connectivity index (χ1) is 10.0. The van der Waals surface area contributed by atoms with Crippen LogP contribution in [0.25, 0.3) is 0 Å². The van der Waals surface area contributed by atoms with E-state index >= 15 is 0 Å². The third kappa shape index (κ3) is 3.82. The summed E-state index contributed by atoms with van der Waals surface area (Å²) in [5, 5.41) is 15.7. The number of aliphatic carboxylic acids is 1. The topological polar surface area (TPSA) is 78.4 Å². The predicted octanol–water partition coefficient (Wildman–Crippen LogP) is 1.29. The van der Waals surface area contributed by atoms with Crippen LogP contribution in [-0.2, 0) is 15.0 Å². The smallest absolute Gasteiger partial charge is 0.314 e. The van der Waals surface area contributed by atoms with Crippen LogP contribution in [0.5, 0.6) is 0 Å². The summed E-state index contributed by atoms with van der Waals surface area (Å²) < 4.78 is 0. The minimum atomic E-state index is -1.20. The molecule has 0 saturated carbocycles. The highest BCUT2D eigenvalue weighted by molar-refractivity contribution is 5.89. The van der Waals surface area contributed by atoms with Gasteiger partial charge in [0.1, 0.15) is 0 Å². The fraction of sp³-hybridized carbons (Fsp3) is 0.500. The Bertz CT molecular complexity index is 498. The highest BCUT2D eigenvalue weighted by atomic mass is 16.4. The summed E-state index contributed by atoms with van der Waals surface area (Å²) in [6, 6.07) is 9.08. The lowest BCUT2D eigenvalue weighted by molar-refractivity contribution is -0.145. The second-order valence-corrected chi connectivity index (χ2v) is 5.77. The van der Waals surface area contributed by atoms with Gasteiger partial charge in [-0.05, 0) is 38.4 Å². The Hall–Kier alpha value is -1.88. The Morgan fingerprint density at radius 3 is 2.48 bits per heavy atom. The molecule has 1 saturated heterocycles. The highest BCUT2D eigenvalue weighted by Gasteiger charge is 2.37. The average Bonchev–Trinajstić information content (AvgIpc) is 2.48. The van der Waals surface area contributed by atoms with Gasteiger partial charge in [-0.3, -0.25) is 9.59 Å². The van der Waals surface area contributed by atoms with Gasteiger partial charge in [0.2, 0.25) is 5.91 Å². The van der Waals surface area contributed by atoms with Crippen molar-refractivity contribution < 1.29 is 14.7 Å². The van der Waals surface area contributed by atoms with Crippen molar-refractivity contribution in [3.8, 4) is 0 Å². The number of nitrogens with one attached hydrogen (secondary N) is 2. The largest absolute Gasteiger partial charge is 0.481 e. The van der Waals surface area contributed by atoms with Crippen LogP contribution >= 0.6 is 0 Å². The van der Waals surface area contributed by atoms with Crippen LogP contribution in [0.2, 0.25) is 0 Å². The van der Waals surface area contributed by atoms with E-state index in [2.05, 4.69) is 10.6 Å². The van der Waals surface area contributed by atoms with Crippen LogP contribution in [0.1, 0.15) is 31.7 Å². The van der Waals surface area contributed by atoms with E-state index in [-0.39, 0.29) is 18.4 Å². The molecule has 0 aromatic heterocycles. The fourth-order valence-corrected chi connectivity index (χ4v) is 2.67. The minimum Gasteiger partial charge on any atom is -0.481 e. The number of hydrogen-bond acceptors (Lipinski definition) is 3. The SMILES string of the molecule is CC(CC(=O)NC1CCNCC1)(C(=O)O)c1ccccc1. The Morgan fingerprint density at radius 1 is 1.29 bits per heavy atom. The third-order valence-corrected chi connectivity index (χ3v) is 4.10. The Balaban J connectivity index is 2.05. The summed E-state index contributed by atoms with van der Waals surface area (Å²) in [6.07, 6.45) is 1.73. The molecule has 1 aromatic rings. The molecular formula is C16H22N2O3.